The molecule has 4 nitrogen and oxygen atoms in total. The van der Waals surface area contributed by atoms with E-state index in [2.05, 4.69) is 33.1 Å². The Labute approximate surface area is 131 Å². The molecular weight excluding hydrogens is 274 g/mol. The van der Waals surface area contributed by atoms with Crippen LogP contribution in [0.15, 0.2) is 30.6 Å². The van der Waals surface area contributed by atoms with Crippen molar-refractivity contribution in [3.63, 3.8) is 0 Å². The SMILES string of the molecule is c1c[nH]c([C@@H]2CCCCN2CCc2ccc3c(c2)CCO3)n1. The minimum Gasteiger partial charge on any atom is -0.493 e. The third-order valence-electron chi connectivity index (χ3n) is 4.89. The van der Waals surface area contributed by atoms with Gasteiger partial charge in [0.1, 0.15) is 11.6 Å². The van der Waals surface area contributed by atoms with Crippen LogP contribution in [0.25, 0.3) is 0 Å². The van der Waals surface area contributed by atoms with Crippen LogP contribution < -0.4 is 4.74 Å². The predicted octanol–water partition coefficient (Wildman–Crippen LogP) is 3.11. The summed E-state index contributed by atoms with van der Waals surface area (Å²) >= 11 is 0. The number of aromatic amines is 1. The molecule has 0 aliphatic carbocycles. The Kier molecular flexibility index (Phi) is 3.85. The van der Waals surface area contributed by atoms with Crippen molar-refractivity contribution < 1.29 is 4.74 Å². The number of imidazole rings is 1. The van der Waals surface area contributed by atoms with Crippen molar-refractivity contribution in [1.29, 1.82) is 0 Å². The van der Waals surface area contributed by atoms with E-state index in [0.717, 1.165) is 37.6 Å². The van der Waals surface area contributed by atoms with Crippen LogP contribution in [0, 0.1) is 0 Å². The van der Waals surface area contributed by atoms with Crippen LogP contribution in [0.2, 0.25) is 0 Å². The molecule has 1 atom stereocenters. The molecule has 4 rings (SSSR count). The van der Waals surface area contributed by atoms with Gasteiger partial charge in [-0.3, -0.25) is 4.90 Å². The number of rotatable bonds is 4. The highest BCUT2D eigenvalue weighted by atomic mass is 16.5. The molecule has 0 unspecified atom stereocenters. The first-order valence-corrected chi connectivity index (χ1v) is 8.38. The van der Waals surface area contributed by atoms with Crippen molar-refractivity contribution in [2.45, 2.75) is 38.1 Å². The fourth-order valence-electron chi connectivity index (χ4n) is 3.70. The third-order valence-corrected chi connectivity index (χ3v) is 4.89. The molecule has 0 amide bonds. The molecule has 1 aromatic carbocycles. The highest BCUT2D eigenvalue weighted by Crippen LogP contribution is 2.30. The van der Waals surface area contributed by atoms with Gasteiger partial charge in [-0.25, -0.2) is 4.98 Å². The Balaban J connectivity index is 1.43. The van der Waals surface area contributed by atoms with E-state index in [1.807, 2.05) is 12.4 Å². The summed E-state index contributed by atoms with van der Waals surface area (Å²) in [5, 5.41) is 0. The zero-order valence-corrected chi connectivity index (χ0v) is 12.9. The fraction of sp³-hybridized carbons (Fsp3) is 0.500. The van der Waals surface area contributed by atoms with Gasteiger partial charge >= 0.3 is 0 Å². The van der Waals surface area contributed by atoms with Gasteiger partial charge in [-0.15, -0.1) is 0 Å². The van der Waals surface area contributed by atoms with Crippen molar-refractivity contribution in [3.8, 4) is 5.75 Å². The molecule has 0 spiro atoms. The normalized spacial score (nSPS) is 21.5. The van der Waals surface area contributed by atoms with E-state index in [-0.39, 0.29) is 0 Å². The molecule has 2 aromatic rings. The van der Waals surface area contributed by atoms with Gasteiger partial charge in [0.15, 0.2) is 0 Å². The molecule has 1 aromatic heterocycles. The van der Waals surface area contributed by atoms with E-state index in [0.29, 0.717) is 6.04 Å². The largest absolute Gasteiger partial charge is 0.493 e. The molecule has 4 heteroatoms. The number of piperidine rings is 1. The van der Waals surface area contributed by atoms with Crippen molar-refractivity contribution in [1.82, 2.24) is 14.9 Å². The third kappa shape index (κ3) is 2.75. The number of ether oxygens (including phenoxy) is 1. The molecule has 1 N–H and O–H groups in total. The molecule has 0 bridgehead atoms. The van der Waals surface area contributed by atoms with Crippen molar-refractivity contribution in [2.24, 2.45) is 0 Å². The maximum atomic E-state index is 5.59. The quantitative estimate of drug-likeness (QED) is 0.942. The van der Waals surface area contributed by atoms with E-state index in [4.69, 9.17) is 4.74 Å². The first-order valence-electron chi connectivity index (χ1n) is 8.38. The number of likely N-dealkylation sites (tertiary alicyclic amines) is 1. The fourth-order valence-corrected chi connectivity index (χ4v) is 3.70. The Morgan fingerprint density at radius 2 is 2.32 bits per heavy atom. The lowest BCUT2D eigenvalue weighted by Crippen LogP contribution is -2.35. The summed E-state index contributed by atoms with van der Waals surface area (Å²) in [7, 11) is 0. The zero-order valence-electron chi connectivity index (χ0n) is 12.9. The number of fused-ring (bicyclic) bond motifs is 1. The van der Waals surface area contributed by atoms with Crippen LogP contribution in [0.3, 0.4) is 0 Å². The average Bonchev–Trinajstić information content (AvgIpc) is 3.24. The van der Waals surface area contributed by atoms with Crippen molar-refractivity contribution in [2.75, 3.05) is 19.7 Å². The Morgan fingerprint density at radius 3 is 3.23 bits per heavy atom. The number of aromatic nitrogens is 2. The first kappa shape index (κ1) is 13.8. The second-order valence-electron chi connectivity index (χ2n) is 6.31. The number of hydrogen-bond acceptors (Lipinski definition) is 3. The highest BCUT2D eigenvalue weighted by Gasteiger charge is 2.25. The molecular formula is C18H23N3O. The topological polar surface area (TPSA) is 41.2 Å². The highest BCUT2D eigenvalue weighted by molar-refractivity contribution is 5.39. The molecule has 116 valence electrons. The number of nitrogens with one attached hydrogen (secondary N) is 1. The van der Waals surface area contributed by atoms with Crippen LogP contribution in [-0.4, -0.2) is 34.6 Å². The number of hydrogen-bond donors (Lipinski definition) is 1. The van der Waals surface area contributed by atoms with Gasteiger partial charge in [-0.2, -0.15) is 0 Å². The lowest BCUT2D eigenvalue weighted by atomic mass is 10.00. The maximum Gasteiger partial charge on any atom is 0.123 e. The summed E-state index contributed by atoms with van der Waals surface area (Å²) < 4.78 is 5.59. The molecule has 0 saturated carbocycles. The summed E-state index contributed by atoms with van der Waals surface area (Å²) in [4.78, 5) is 10.4. The number of benzene rings is 1. The maximum absolute atomic E-state index is 5.59. The first-order chi connectivity index (χ1) is 10.9. The smallest absolute Gasteiger partial charge is 0.123 e. The Morgan fingerprint density at radius 1 is 1.32 bits per heavy atom. The second kappa shape index (κ2) is 6.13. The van der Waals surface area contributed by atoms with Gasteiger partial charge in [0.2, 0.25) is 0 Å². The van der Waals surface area contributed by atoms with Gasteiger partial charge in [-0.05, 0) is 43.0 Å². The minimum absolute atomic E-state index is 0.460. The average molecular weight is 297 g/mol. The van der Waals surface area contributed by atoms with E-state index >= 15 is 0 Å². The molecule has 0 radical (unpaired) electrons. The molecule has 1 saturated heterocycles. The number of nitrogens with zero attached hydrogens (tertiary/aromatic N) is 2. The number of H-pyrrole nitrogens is 1. The molecule has 22 heavy (non-hydrogen) atoms. The van der Waals surface area contributed by atoms with Crippen molar-refractivity contribution in [3.05, 3.63) is 47.5 Å². The van der Waals surface area contributed by atoms with E-state index in [9.17, 15) is 0 Å². The van der Waals surface area contributed by atoms with Gasteiger partial charge in [0, 0.05) is 25.4 Å². The molecule has 3 heterocycles. The zero-order chi connectivity index (χ0) is 14.8. The summed E-state index contributed by atoms with van der Waals surface area (Å²) in [6.45, 7) is 3.12. The predicted molar refractivity (Wildman–Crippen MR) is 86.1 cm³/mol. The Bertz CT molecular complexity index is 623. The summed E-state index contributed by atoms with van der Waals surface area (Å²) in [5.74, 6) is 2.21. The van der Waals surface area contributed by atoms with Crippen LogP contribution in [-0.2, 0) is 12.8 Å². The van der Waals surface area contributed by atoms with Crippen LogP contribution >= 0.6 is 0 Å². The van der Waals surface area contributed by atoms with Crippen LogP contribution in [0.5, 0.6) is 5.75 Å². The van der Waals surface area contributed by atoms with E-state index < -0.39 is 0 Å². The second-order valence-corrected chi connectivity index (χ2v) is 6.31. The van der Waals surface area contributed by atoms with Gasteiger partial charge in [0.25, 0.3) is 0 Å². The monoisotopic (exact) mass is 297 g/mol. The van der Waals surface area contributed by atoms with Crippen molar-refractivity contribution >= 4 is 0 Å². The standard InChI is InChI=1S/C18H23N3O/c1-2-10-21(16(3-1)18-19-8-9-20-18)11-6-14-4-5-17-15(13-14)7-12-22-17/h4-5,8-9,13,16H,1-3,6-7,10-12H2,(H,19,20)/t16-/m0/s1. The minimum atomic E-state index is 0.460. The summed E-state index contributed by atoms with van der Waals surface area (Å²) in [5.41, 5.74) is 2.80. The lowest BCUT2D eigenvalue weighted by molar-refractivity contribution is 0.144. The van der Waals surface area contributed by atoms with Crippen LogP contribution in [0.4, 0.5) is 0 Å². The summed E-state index contributed by atoms with van der Waals surface area (Å²) in [6.07, 6.45) is 9.77. The molecule has 1 fully saturated rings. The van der Waals surface area contributed by atoms with E-state index in [1.54, 1.807) is 0 Å². The van der Waals surface area contributed by atoms with Gasteiger partial charge < -0.3 is 9.72 Å². The van der Waals surface area contributed by atoms with Gasteiger partial charge in [-0.1, -0.05) is 18.6 Å². The molecule has 2 aliphatic rings. The van der Waals surface area contributed by atoms with Crippen LogP contribution in [0.1, 0.15) is 42.3 Å². The van der Waals surface area contributed by atoms with E-state index in [1.165, 1.54) is 36.9 Å². The summed E-state index contributed by atoms with van der Waals surface area (Å²) in [6, 6.07) is 7.14. The van der Waals surface area contributed by atoms with Gasteiger partial charge in [0.05, 0.1) is 12.6 Å². The Hall–Kier alpha value is -1.81. The molecule has 2 aliphatic heterocycles. The lowest BCUT2D eigenvalue weighted by Gasteiger charge is -2.34.